The zero-order valence-electron chi connectivity index (χ0n) is 9.50. The summed E-state index contributed by atoms with van der Waals surface area (Å²) in [6.07, 6.45) is 3.46. The van der Waals surface area contributed by atoms with Gasteiger partial charge in [0, 0.05) is 15.4 Å². The average molecular weight is 386 g/mol. The fourth-order valence-corrected chi connectivity index (χ4v) is 4.43. The van der Waals surface area contributed by atoms with Crippen molar-refractivity contribution in [2.75, 3.05) is 0 Å². The fourth-order valence-electron chi connectivity index (χ4n) is 2.32. The van der Waals surface area contributed by atoms with Crippen molar-refractivity contribution in [2.24, 2.45) is 0 Å². The predicted octanol–water partition coefficient (Wildman–Crippen LogP) is 4.99. The van der Waals surface area contributed by atoms with Gasteiger partial charge >= 0.3 is 0 Å². The van der Waals surface area contributed by atoms with Gasteiger partial charge in [-0.15, -0.1) is 11.3 Å². The van der Waals surface area contributed by atoms with Crippen LogP contribution in [-0.2, 0) is 12.8 Å². The van der Waals surface area contributed by atoms with Gasteiger partial charge in [0.05, 0.1) is 9.35 Å². The first-order valence-corrected chi connectivity index (χ1v) is 8.22. The molecule has 0 aliphatic heterocycles. The smallest absolute Gasteiger partial charge is 0.204 e. The molecule has 1 heterocycles. The second-order valence-electron chi connectivity index (χ2n) is 4.39. The molecule has 0 fully saturated rings. The molecule has 4 heteroatoms. The SMILES string of the molecule is O=C(c1ccc2c(c1)CCC2)c1scc(Br)c1Br. The number of carbonyl (C=O) groups excluding carboxylic acids is 1. The van der Waals surface area contributed by atoms with Crippen LogP contribution < -0.4 is 0 Å². The number of fused-ring (bicyclic) bond motifs is 1. The lowest BCUT2D eigenvalue weighted by atomic mass is 10.0. The Morgan fingerprint density at radius 3 is 2.67 bits per heavy atom. The summed E-state index contributed by atoms with van der Waals surface area (Å²) in [6.45, 7) is 0. The lowest BCUT2D eigenvalue weighted by molar-refractivity contribution is 0.104. The summed E-state index contributed by atoms with van der Waals surface area (Å²) < 4.78 is 1.80. The van der Waals surface area contributed by atoms with Gasteiger partial charge < -0.3 is 0 Å². The summed E-state index contributed by atoms with van der Waals surface area (Å²) in [5.41, 5.74) is 3.54. The molecule has 3 rings (SSSR count). The molecule has 0 amide bonds. The van der Waals surface area contributed by atoms with Gasteiger partial charge in [0.1, 0.15) is 0 Å². The van der Waals surface area contributed by atoms with Gasteiger partial charge in [-0.25, -0.2) is 0 Å². The molecular weight excluding hydrogens is 376 g/mol. The maximum Gasteiger partial charge on any atom is 0.204 e. The Hall–Kier alpha value is -0.450. The van der Waals surface area contributed by atoms with Gasteiger partial charge in [-0.1, -0.05) is 12.1 Å². The predicted molar refractivity (Wildman–Crippen MR) is 81.6 cm³/mol. The number of rotatable bonds is 2. The van der Waals surface area contributed by atoms with Gasteiger partial charge in [-0.05, 0) is 68.3 Å². The normalized spacial score (nSPS) is 13.7. The molecule has 0 atom stereocenters. The summed E-state index contributed by atoms with van der Waals surface area (Å²) in [6, 6.07) is 6.11. The topological polar surface area (TPSA) is 17.1 Å². The van der Waals surface area contributed by atoms with Gasteiger partial charge in [-0.2, -0.15) is 0 Å². The van der Waals surface area contributed by atoms with Gasteiger partial charge in [0.25, 0.3) is 0 Å². The zero-order chi connectivity index (χ0) is 12.7. The Kier molecular flexibility index (Phi) is 3.43. The van der Waals surface area contributed by atoms with E-state index in [0.717, 1.165) is 32.2 Å². The van der Waals surface area contributed by atoms with Crippen LogP contribution >= 0.6 is 43.2 Å². The molecule has 1 aliphatic carbocycles. The molecule has 1 nitrogen and oxygen atoms in total. The van der Waals surface area contributed by atoms with Gasteiger partial charge in [-0.3, -0.25) is 4.79 Å². The first-order chi connectivity index (χ1) is 8.66. The van der Waals surface area contributed by atoms with Gasteiger partial charge in [0.15, 0.2) is 0 Å². The van der Waals surface area contributed by atoms with E-state index in [-0.39, 0.29) is 5.78 Å². The number of halogens is 2. The van der Waals surface area contributed by atoms with Crippen molar-refractivity contribution in [3.63, 3.8) is 0 Å². The summed E-state index contributed by atoms with van der Waals surface area (Å²) in [5.74, 6) is 0.104. The monoisotopic (exact) mass is 384 g/mol. The second kappa shape index (κ2) is 4.91. The van der Waals surface area contributed by atoms with E-state index < -0.39 is 0 Å². The van der Waals surface area contributed by atoms with Crippen LogP contribution in [0, 0.1) is 0 Å². The van der Waals surface area contributed by atoms with E-state index in [1.165, 1.54) is 28.9 Å². The van der Waals surface area contributed by atoms with Crippen LogP contribution in [0.1, 0.15) is 32.8 Å². The van der Waals surface area contributed by atoms with E-state index >= 15 is 0 Å². The molecule has 0 radical (unpaired) electrons. The van der Waals surface area contributed by atoms with Crippen molar-refractivity contribution in [3.8, 4) is 0 Å². The molecule has 1 aromatic carbocycles. The first kappa shape index (κ1) is 12.6. The molecule has 0 bridgehead atoms. The van der Waals surface area contributed by atoms with Crippen molar-refractivity contribution >= 4 is 49.0 Å². The lowest BCUT2D eigenvalue weighted by Crippen LogP contribution is -2.00. The molecule has 1 aliphatic rings. The molecule has 0 saturated carbocycles. The third kappa shape index (κ3) is 2.10. The van der Waals surface area contributed by atoms with Crippen LogP contribution in [0.3, 0.4) is 0 Å². The van der Waals surface area contributed by atoms with E-state index in [0.29, 0.717) is 0 Å². The van der Waals surface area contributed by atoms with Crippen LogP contribution in [0.4, 0.5) is 0 Å². The Morgan fingerprint density at radius 2 is 1.94 bits per heavy atom. The third-order valence-electron chi connectivity index (χ3n) is 3.26. The number of thiophene rings is 1. The minimum atomic E-state index is 0.104. The summed E-state index contributed by atoms with van der Waals surface area (Å²) >= 11 is 8.34. The van der Waals surface area contributed by atoms with E-state index in [1.54, 1.807) is 0 Å². The van der Waals surface area contributed by atoms with Crippen molar-refractivity contribution in [1.82, 2.24) is 0 Å². The minimum Gasteiger partial charge on any atom is -0.288 e. The van der Waals surface area contributed by atoms with E-state index in [9.17, 15) is 4.79 Å². The van der Waals surface area contributed by atoms with Crippen LogP contribution in [0.2, 0.25) is 0 Å². The molecule has 0 saturated heterocycles. The lowest BCUT2D eigenvalue weighted by Gasteiger charge is -2.03. The molecule has 18 heavy (non-hydrogen) atoms. The maximum atomic E-state index is 12.4. The van der Waals surface area contributed by atoms with Crippen LogP contribution in [0.25, 0.3) is 0 Å². The fraction of sp³-hybridized carbons (Fsp3) is 0.214. The van der Waals surface area contributed by atoms with E-state index in [1.807, 2.05) is 11.4 Å². The third-order valence-corrected chi connectivity index (χ3v) is 6.78. The highest BCUT2D eigenvalue weighted by atomic mass is 79.9. The molecular formula is C14H10Br2OS. The highest BCUT2D eigenvalue weighted by Crippen LogP contribution is 2.34. The van der Waals surface area contributed by atoms with E-state index in [2.05, 4.69) is 44.0 Å². The number of ketones is 1. The van der Waals surface area contributed by atoms with Crippen molar-refractivity contribution in [3.05, 3.63) is 54.1 Å². The Bertz CT molecular complexity index is 631. The molecule has 0 N–H and O–H groups in total. The highest BCUT2D eigenvalue weighted by molar-refractivity contribution is 9.13. The van der Waals surface area contributed by atoms with Crippen LogP contribution in [-0.4, -0.2) is 5.78 Å². The minimum absolute atomic E-state index is 0.104. The van der Waals surface area contributed by atoms with Crippen molar-refractivity contribution in [2.45, 2.75) is 19.3 Å². The van der Waals surface area contributed by atoms with E-state index in [4.69, 9.17) is 0 Å². The number of benzene rings is 1. The summed E-state index contributed by atoms with van der Waals surface area (Å²) in [5, 5.41) is 1.94. The molecule has 1 aromatic heterocycles. The Balaban J connectivity index is 2.00. The standard InChI is InChI=1S/C14H10Br2OS/c15-11-7-18-14(12(11)16)13(17)10-5-4-8-2-1-3-9(8)6-10/h4-7H,1-3H2. The van der Waals surface area contributed by atoms with Gasteiger partial charge in [0.2, 0.25) is 5.78 Å². The molecule has 0 unspecified atom stereocenters. The van der Waals surface area contributed by atoms with Crippen molar-refractivity contribution in [1.29, 1.82) is 0 Å². The summed E-state index contributed by atoms with van der Waals surface area (Å²) in [7, 11) is 0. The average Bonchev–Trinajstić information content (AvgIpc) is 2.96. The summed E-state index contributed by atoms with van der Waals surface area (Å²) in [4.78, 5) is 13.2. The number of hydrogen-bond donors (Lipinski definition) is 0. The number of carbonyl (C=O) groups is 1. The molecule has 0 spiro atoms. The number of aryl methyl sites for hydroxylation is 2. The molecule has 92 valence electrons. The Morgan fingerprint density at radius 1 is 1.17 bits per heavy atom. The second-order valence-corrected chi connectivity index (χ2v) is 6.92. The largest absolute Gasteiger partial charge is 0.288 e. The first-order valence-electron chi connectivity index (χ1n) is 5.76. The maximum absolute atomic E-state index is 12.4. The molecule has 2 aromatic rings. The number of hydrogen-bond acceptors (Lipinski definition) is 2. The zero-order valence-corrected chi connectivity index (χ0v) is 13.5. The van der Waals surface area contributed by atoms with Crippen LogP contribution in [0.15, 0.2) is 32.5 Å². The van der Waals surface area contributed by atoms with Crippen molar-refractivity contribution < 1.29 is 4.79 Å². The quantitative estimate of drug-likeness (QED) is 0.665. The Labute approximate surface area is 126 Å². The van der Waals surface area contributed by atoms with Crippen LogP contribution in [0.5, 0.6) is 0 Å². The highest BCUT2D eigenvalue weighted by Gasteiger charge is 2.19.